The van der Waals surface area contributed by atoms with Gasteiger partial charge in [-0.3, -0.25) is 4.79 Å². The molecule has 0 bridgehead atoms. The smallest absolute Gasteiger partial charge is 0.308 e. The van der Waals surface area contributed by atoms with Gasteiger partial charge in [0, 0.05) is 0 Å². The predicted octanol–water partition coefficient (Wildman–Crippen LogP) is 4.52. The van der Waals surface area contributed by atoms with E-state index >= 15 is 0 Å². The third kappa shape index (κ3) is 20.6. The van der Waals surface area contributed by atoms with Crippen LogP contribution in [0.25, 0.3) is 0 Å². The highest BCUT2D eigenvalue weighted by Gasteiger charge is 2.17. The van der Waals surface area contributed by atoms with Crippen molar-refractivity contribution in [2.45, 2.75) is 128 Å². The third-order valence-corrected chi connectivity index (χ3v) is 5.24. The first-order chi connectivity index (χ1) is 14.5. The molecule has 0 spiro atoms. The van der Waals surface area contributed by atoms with E-state index in [1.807, 2.05) is 0 Å². The number of unbranched alkanes of at least 4 members (excludes halogenated alkanes) is 12. The molecule has 0 aromatic heterocycles. The summed E-state index contributed by atoms with van der Waals surface area (Å²) in [6, 6.07) is 0. The molecule has 6 heteroatoms. The van der Waals surface area contributed by atoms with Crippen molar-refractivity contribution in [3.05, 3.63) is 0 Å². The number of hydrogen-bond acceptors (Lipinski definition) is 6. The summed E-state index contributed by atoms with van der Waals surface area (Å²) >= 11 is 0. The molecule has 30 heavy (non-hydrogen) atoms. The second kappa shape index (κ2) is 21.5. The molecule has 0 aliphatic rings. The number of aliphatic hydroxyl groups excluding tert-OH is 3. The van der Waals surface area contributed by atoms with Crippen molar-refractivity contribution in [3.63, 3.8) is 0 Å². The Morgan fingerprint density at radius 1 is 0.800 bits per heavy atom. The third-order valence-electron chi connectivity index (χ3n) is 5.24. The molecule has 0 radical (unpaired) electrons. The number of carbonyl (C=O) groups excluding carboxylic acids is 1. The van der Waals surface area contributed by atoms with Gasteiger partial charge in [-0.1, -0.05) is 90.4 Å². The summed E-state index contributed by atoms with van der Waals surface area (Å²) in [6.07, 6.45) is 15.5. The lowest BCUT2D eigenvalue weighted by atomic mass is 10.0. The van der Waals surface area contributed by atoms with Gasteiger partial charge in [0.2, 0.25) is 0 Å². The maximum Gasteiger partial charge on any atom is 0.308 e. The van der Waals surface area contributed by atoms with Gasteiger partial charge in [-0.15, -0.1) is 0 Å². The molecule has 0 rings (SSSR count). The molecule has 0 aromatic rings. The summed E-state index contributed by atoms with van der Waals surface area (Å²) in [5.74, 6) is -0.408. The Hall–Kier alpha value is -0.690. The Morgan fingerprint density at radius 2 is 1.30 bits per heavy atom. The number of hydrogen-bond donors (Lipinski definition) is 3. The minimum atomic E-state index is -0.937. The number of ether oxygens (including phenoxy) is 2. The van der Waals surface area contributed by atoms with Gasteiger partial charge < -0.3 is 24.8 Å². The monoisotopic (exact) mass is 432 g/mol. The van der Waals surface area contributed by atoms with Crippen LogP contribution in [0.5, 0.6) is 0 Å². The fourth-order valence-corrected chi connectivity index (χ4v) is 3.39. The number of aliphatic hydroxyl groups is 3. The Morgan fingerprint density at radius 3 is 1.77 bits per heavy atom. The zero-order valence-corrected chi connectivity index (χ0v) is 19.5. The van der Waals surface area contributed by atoms with Gasteiger partial charge in [-0.2, -0.15) is 0 Å². The zero-order chi connectivity index (χ0) is 22.5. The Kier molecular flexibility index (Phi) is 21.0. The van der Waals surface area contributed by atoms with E-state index in [0.717, 1.165) is 19.3 Å². The van der Waals surface area contributed by atoms with E-state index in [1.165, 1.54) is 70.6 Å². The van der Waals surface area contributed by atoms with Gasteiger partial charge >= 0.3 is 5.97 Å². The summed E-state index contributed by atoms with van der Waals surface area (Å²) < 4.78 is 10.6. The lowest BCUT2D eigenvalue weighted by Gasteiger charge is -2.19. The van der Waals surface area contributed by atoms with Crippen molar-refractivity contribution in [1.29, 1.82) is 0 Å². The molecular weight excluding hydrogens is 384 g/mol. The highest BCUT2D eigenvalue weighted by molar-refractivity contribution is 5.69. The number of carbonyl (C=O) groups is 1. The first-order valence-electron chi connectivity index (χ1n) is 12.2. The quantitative estimate of drug-likeness (QED) is 0.172. The van der Waals surface area contributed by atoms with E-state index in [-0.39, 0.29) is 32.3 Å². The van der Waals surface area contributed by atoms with Gasteiger partial charge in [0.15, 0.2) is 0 Å². The van der Waals surface area contributed by atoms with Crippen LogP contribution in [0.3, 0.4) is 0 Å². The van der Waals surface area contributed by atoms with Crippen molar-refractivity contribution < 1.29 is 29.6 Å². The molecule has 0 aliphatic heterocycles. The van der Waals surface area contributed by atoms with E-state index in [1.54, 1.807) is 6.92 Å². The maximum absolute atomic E-state index is 11.9. The normalized spacial score (nSPS) is 14.4. The van der Waals surface area contributed by atoms with Gasteiger partial charge in [0.1, 0.15) is 12.7 Å². The minimum absolute atomic E-state index is 0.00327. The van der Waals surface area contributed by atoms with Crippen LogP contribution < -0.4 is 0 Å². The van der Waals surface area contributed by atoms with Crippen LogP contribution in [0, 0.1) is 0 Å². The minimum Gasteiger partial charge on any atom is -0.463 e. The van der Waals surface area contributed by atoms with Crippen LogP contribution >= 0.6 is 0 Å². The van der Waals surface area contributed by atoms with Gasteiger partial charge in [0.25, 0.3) is 0 Å². The van der Waals surface area contributed by atoms with Gasteiger partial charge in [-0.25, -0.2) is 0 Å². The van der Waals surface area contributed by atoms with E-state index in [4.69, 9.17) is 14.6 Å². The lowest BCUT2D eigenvalue weighted by molar-refractivity contribution is -0.150. The fourth-order valence-electron chi connectivity index (χ4n) is 3.39. The highest BCUT2D eigenvalue weighted by Crippen LogP contribution is 2.15. The van der Waals surface area contributed by atoms with Crippen molar-refractivity contribution in [1.82, 2.24) is 0 Å². The van der Waals surface area contributed by atoms with Crippen molar-refractivity contribution in [3.8, 4) is 0 Å². The molecule has 0 saturated heterocycles. The van der Waals surface area contributed by atoms with Crippen LogP contribution in [0.4, 0.5) is 0 Å². The van der Waals surface area contributed by atoms with Crippen LogP contribution in [-0.4, -0.2) is 59.4 Å². The molecular formula is C24H48O6. The molecule has 3 unspecified atom stereocenters. The lowest BCUT2D eigenvalue weighted by Crippen LogP contribution is -2.27. The first-order valence-corrected chi connectivity index (χ1v) is 12.2. The molecule has 0 heterocycles. The molecule has 0 aromatic carbocycles. The number of esters is 1. The summed E-state index contributed by atoms with van der Waals surface area (Å²) in [7, 11) is 0. The van der Waals surface area contributed by atoms with Gasteiger partial charge in [0.05, 0.1) is 31.8 Å². The average molecular weight is 433 g/mol. The van der Waals surface area contributed by atoms with Crippen LogP contribution in [0.1, 0.15) is 110 Å². The average Bonchev–Trinajstić information content (AvgIpc) is 2.73. The van der Waals surface area contributed by atoms with Crippen LogP contribution in [0.15, 0.2) is 0 Å². The van der Waals surface area contributed by atoms with E-state index in [0.29, 0.717) is 0 Å². The number of rotatable bonds is 22. The topological polar surface area (TPSA) is 96.2 Å². The second-order valence-electron chi connectivity index (χ2n) is 8.56. The highest BCUT2D eigenvalue weighted by atomic mass is 16.5. The predicted molar refractivity (Wildman–Crippen MR) is 120 cm³/mol. The summed E-state index contributed by atoms with van der Waals surface area (Å²) in [5.41, 5.74) is 0. The summed E-state index contributed by atoms with van der Waals surface area (Å²) in [6.45, 7) is 3.43. The van der Waals surface area contributed by atoms with Crippen LogP contribution in [0.2, 0.25) is 0 Å². The molecule has 0 amide bonds. The maximum atomic E-state index is 11.9. The van der Waals surface area contributed by atoms with Crippen molar-refractivity contribution >= 4 is 5.97 Å². The molecule has 0 aliphatic carbocycles. The van der Waals surface area contributed by atoms with E-state index in [9.17, 15) is 15.0 Å². The molecule has 180 valence electrons. The fraction of sp³-hybridized carbons (Fsp3) is 0.958. The Labute approximate surface area is 184 Å². The molecule has 3 atom stereocenters. The van der Waals surface area contributed by atoms with E-state index < -0.39 is 18.2 Å². The molecule has 0 saturated carbocycles. The molecule has 6 nitrogen and oxygen atoms in total. The standard InChI is InChI=1S/C24H48O6/c1-3-4-5-6-7-8-9-10-11-12-13-14-15-16-23(29-20-22(27)18-25)17-24(28)30-19-21(2)26/h21-23,25-27H,3-20H2,1-2H3. The molecule has 3 N–H and O–H groups in total. The van der Waals surface area contributed by atoms with Gasteiger partial charge in [-0.05, 0) is 13.3 Å². The summed E-state index contributed by atoms with van der Waals surface area (Å²) in [4.78, 5) is 11.9. The Balaban J connectivity index is 3.81. The summed E-state index contributed by atoms with van der Waals surface area (Å²) in [5, 5.41) is 27.6. The molecule has 0 fully saturated rings. The SMILES string of the molecule is CCCCCCCCCCCCCCCC(CC(=O)OCC(C)O)OCC(O)CO. The van der Waals surface area contributed by atoms with Crippen molar-refractivity contribution in [2.24, 2.45) is 0 Å². The zero-order valence-electron chi connectivity index (χ0n) is 19.5. The van der Waals surface area contributed by atoms with Crippen LogP contribution in [-0.2, 0) is 14.3 Å². The largest absolute Gasteiger partial charge is 0.463 e. The second-order valence-corrected chi connectivity index (χ2v) is 8.56. The van der Waals surface area contributed by atoms with Crippen molar-refractivity contribution in [2.75, 3.05) is 19.8 Å². The first kappa shape index (κ1) is 29.3. The Bertz CT molecular complexity index is 375. The van der Waals surface area contributed by atoms with E-state index in [2.05, 4.69) is 6.92 Å².